The third kappa shape index (κ3) is 3.20. The van der Waals surface area contributed by atoms with Crippen LogP contribution in [0.1, 0.15) is 30.1 Å². The Morgan fingerprint density at radius 2 is 2.44 bits per heavy atom. The average Bonchev–Trinajstić information content (AvgIpc) is 2.39. The van der Waals surface area contributed by atoms with Gasteiger partial charge < -0.3 is 15.3 Å². The largest absolute Gasteiger partial charge is 0.478 e. The van der Waals surface area contributed by atoms with Crippen LogP contribution in [0.3, 0.4) is 0 Å². The minimum absolute atomic E-state index is 0.222. The fourth-order valence-electron chi connectivity index (χ4n) is 2.28. The first-order chi connectivity index (χ1) is 8.69. The van der Waals surface area contributed by atoms with Crippen molar-refractivity contribution in [2.75, 3.05) is 25.0 Å². The normalized spacial score (nSPS) is 20.6. The lowest BCUT2D eigenvalue weighted by Crippen LogP contribution is -2.41. The molecule has 2 N–H and O–H groups in total. The number of piperidine rings is 1. The molecule has 1 aliphatic rings. The summed E-state index contributed by atoms with van der Waals surface area (Å²) in [5.41, 5.74) is 0.222. The van der Waals surface area contributed by atoms with Gasteiger partial charge in [0.05, 0.1) is 5.56 Å². The molecule has 1 aromatic rings. The van der Waals surface area contributed by atoms with Crippen molar-refractivity contribution in [1.82, 2.24) is 9.88 Å². The Morgan fingerprint density at radius 1 is 1.61 bits per heavy atom. The number of anilines is 1. The minimum atomic E-state index is -0.941. The number of hydrogen-bond acceptors (Lipinski definition) is 4. The Morgan fingerprint density at radius 3 is 3.06 bits per heavy atom. The van der Waals surface area contributed by atoms with Crippen LogP contribution in [0.15, 0.2) is 18.3 Å². The molecule has 0 saturated carbocycles. The Bertz CT molecular complexity index is 405. The summed E-state index contributed by atoms with van der Waals surface area (Å²) in [4.78, 5) is 17.3. The third-order valence-electron chi connectivity index (χ3n) is 3.32. The summed E-state index contributed by atoms with van der Waals surface area (Å²) in [5, 5.41) is 12.2. The van der Waals surface area contributed by atoms with E-state index in [1.54, 1.807) is 12.1 Å². The standard InChI is InChI=1S/C13H19N3O2/c1-2-16-7-3-4-11(9-16)15-12-6-5-10(8-14-12)13(17)18/h5-6,8,11H,2-4,7,9H2,1H3,(H,14,15)(H,17,18). The highest BCUT2D eigenvalue weighted by Gasteiger charge is 2.18. The number of carbonyl (C=O) groups is 1. The van der Waals surface area contributed by atoms with Crippen molar-refractivity contribution < 1.29 is 9.90 Å². The van der Waals surface area contributed by atoms with Crippen molar-refractivity contribution in [3.8, 4) is 0 Å². The van der Waals surface area contributed by atoms with Gasteiger partial charge in [0.25, 0.3) is 0 Å². The molecule has 0 spiro atoms. The van der Waals surface area contributed by atoms with Crippen molar-refractivity contribution >= 4 is 11.8 Å². The van der Waals surface area contributed by atoms with Gasteiger partial charge in [-0.2, -0.15) is 0 Å². The Labute approximate surface area is 107 Å². The van der Waals surface area contributed by atoms with Gasteiger partial charge in [-0.25, -0.2) is 9.78 Å². The van der Waals surface area contributed by atoms with E-state index >= 15 is 0 Å². The number of carboxylic acid groups (broad SMARTS) is 1. The van der Waals surface area contributed by atoms with Crippen molar-refractivity contribution in [3.63, 3.8) is 0 Å². The maximum absolute atomic E-state index is 10.7. The lowest BCUT2D eigenvalue weighted by molar-refractivity contribution is 0.0696. The van der Waals surface area contributed by atoms with E-state index in [1.165, 1.54) is 19.2 Å². The summed E-state index contributed by atoms with van der Waals surface area (Å²) in [7, 11) is 0. The van der Waals surface area contributed by atoms with Crippen molar-refractivity contribution in [3.05, 3.63) is 23.9 Å². The van der Waals surface area contributed by atoms with E-state index < -0.39 is 5.97 Å². The highest BCUT2D eigenvalue weighted by Crippen LogP contribution is 2.14. The molecular weight excluding hydrogens is 230 g/mol. The van der Waals surface area contributed by atoms with Crippen LogP contribution in [0, 0.1) is 0 Å². The molecule has 5 nitrogen and oxygen atoms in total. The van der Waals surface area contributed by atoms with Gasteiger partial charge >= 0.3 is 5.97 Å². The number of hydrogen-bond donors (Lipinski definition) is 2. The molecule has 1 aromatic heterocycles. The van der Waals surface area contributed by atoms with Gasteiger partial charge in [0.15, 0.2) is 0 Å². The van der Waals surface area contributed by atoms with E-state index in [0.717, 1.165) is 25.3 Å². The van der Waals surface area contributed by atoms with Gasteiger partial charge in [-0.05, 0) is 38.1 Å². The number of nitrogens with zero attached hydrogens (tertiary/aromatic N) is 2. The Hall–Kier alpha value is -1.62. The maximum Gasteiger partial charge on any atom is 0.337 e. The summed E-state index contributed by atoms with van der Waals surface area (Å²) >= 11 is 0. The van der Waals surface area contributed by atoms with Crippen LogP contribution in [-0.4, -0.2) is 46.6 Å². The molecule has 1 unspecified atom stereocenters. The number of likely N-dealkylation sites (N-methyl/N-ethyl adjacent to an activating group) is 1. The number of aromatic carboxylic acids is 1. The number of pyridine rings is 1. The molecule has 0 amide bonds. The second-order valence-corrected chi connectivity index (χ2v) is 4.61. The molecule has 2 rings (SSSR count). The van der Waals surface area contributed by atoms with Crippen LogP contribution in [-0.2, 0) is 0 Å². The first-order valence-electron chi connectivity index (χ1n) is 6.37. The number of nitrogens with one attached hydrogen (secondary N) is 1. The molecule has 98 valence electrons. The smallest absolute Gasteiger partial charge is 0.337 e. The van der Waals surface area contributed by atoms with E-state index in [2.05, 4.69) is 22.1 Å². The van der Waals surface area contributed by atoms with Gasteiger partial charge in [0.2, 0.25) is 0 Å². The molecule has 18 heavy (non-hydrogen) atoms. The molecule has 0 radical (unpaired) electrons. The number of aromatic nitrogens is 1. The summed E-state index contributed by atoms with van der Waals surface area (Å²) in [6.45, 7) is 5.44. The van der Waals surface area contributed by atoms with Gasteiger partial charge in [-0.15, -0.1) is 0 Å². The summed E-state index contributed by atoms with van der Waals surface area (Å²) < 4.78 is 0. The van der Waals surface area contributed by atoms with E-state index in [0.29, 0.717) is 6.04 Å². The van der Waals surface area contributed by atoms with Gasteiger partial charge in [0.1, 0.15) is 5.82 Å². The Balaban J connectivity index is 1.94. The zero-order valence-electron chi connectivity index (χ0n) is 10.6. The zero-order chi connectivity index (χ0) is 13.0. The first kappa shape index (κ1) is 12.8. The van der Waals surface area contributed by atoms with Crippen LogP contribution in [0.2, 0.25) is 0 Å². The highest BCUT2D eigenvalue weighted by atomic mass is 16.4. The number of rotatable bonds is 4. The zero-order valence-corrected chi connectivity index (χ0v) is 10.6. The van der Waals surface area contributed by atoms with Crippen LogP contribution in [0.4, 0.5) is 5.82 Å². The molecule has 1 aliphatic heterocycles. The predicted octanol–water partition coefficient (Wildman–Crippen LogP) is 1.68. The van der Waals surface area contributed by atoms with Gasteiger partial charge in [0, 0.05) is 18.8 Å². The first-order valence-corrected chi connectivity index (χ1v) is 6.37. The topological polar surface area (TPSA) is 65.5 Å². The number of carboxylic acids is 1. The molecule has 1 atom stereocenters. The monoisotopic (exact) mass is 249 g/mol. The SMILES string of the molecule is CCN1CCCC(Nc2ccc(C(=O)O)cn2)C1. The van der Waals surface area contributed by atoms with Crippen LogP contribution in [0.25, 0.3) is 0 Å². The van der Waals surface area contributed by atoms with E-state index in [1.807, 2.05) is 0 Å². The fourth-order valence-corrected chi connectivity index (χ4v) is 2.28. The van der Waals surface area contributed by atoms with Crippen molar-refractivity contribution in [1.29, 1.82) is 0 Å². The summed E-state index contributed by atoms with van der Waals surface area (Å²) in [5.74, 6) is -0.188. The van der Waals surface area contributed by atoms with Crippen LogP contribution >= 0.6 is 0 Å². The average molecular weight is 249 g/mol. The number of likely N-dealkylation sites (tertiary alicyclic amines) is 1. The summed E-state index contributed by atoms with van der Waals surface area (Å²) in [6.07, 6.45) is 3.72. The van der Waals surface area contributed by atoms with Crippen LogP contribution < -0.4 is 5.32 Å². The van der Waals surface area contributed by atoms with Gasteiger partial charge in [-0.3, -0.25) is 0 Å². The summed E-state index contributed by atoms with van der Waals surface area (Å²) in [6, 6.07) is 3.72. The third-order valence-corrected chi connectivity index (χ3v) is 3.32. The fraction of sp³-hybridized carbons (Fsp3) is 0.538. The highest BCUT2D eigenvalue weighted by molar-refractivity contribution is 5.87. The molecule has 0 bridgehead atoms. The second kappa shape index (κ2) is 5.82. The maximum atomic E-state index is 10.7. The molecule has 5 heteroatoms. The minimum Gasteiger partial charge on any atom is -0.478 e. The molecule has 1 fully saturated rings. The van der Waals surface area contributed by atoms with Gasteiger partial charge in [-0.1, -0.05) is 6.92 Å². The molecule has 1 saturated heterocycles. The van der Waals surface area contributed by atoms with E-state index in [9.17, 15) is 4.79 Å². The lowest BCUT2D eigenvalue weighted by Gasteiger charge is -2.32. The Kier molecular flexibility index (Phi) is 4.15. The molecular formula is C13H19N3O2. The quantitative estimate of drug-likeness (QED) is 0.850. The van der Waals surface area contributed by atoms with E-state index in [-0.39, 0.29) is 5.56 Å². The second-order valence-electron chi connectivity index (χ2n) is 4.61. The molecule has 0 aromatic carbocycles. The lowest BCUT2D eigenvalue weighted by atomic mass is 10.1. The molecule has 0 aliphatic carbocycles. The molecule has 2 heterocycles. The van der Waals surface area contributed by atoms with E-state index in [4.69, 9.17) is 5.11 Å². The van der Waals surface area contributed by atoms with Crippen LogP contribution in [0.5, 0.6) is 0 Å². The van der Waals surface area contributed by atoms with Crippen molar-refractivity contribution in [2.24, 2.45) is 0 Å². The van der Waals surface area contributed by atoms with Crippen molar-refractivity contribution in [2.45, 2.75) is 25.8 Å². The predicted molar refractivity (Wildman–Crippen MR) is 70.0 cm³/mol.